The standard InChI is InChI=1S/C15H12ClF4N3O2S/c16-4-12(24)21-5-8-1-2-9(10(17)3-8)6-22-13(25)11-7-23-14(26-11)15(18,19)20/h1-3,7H,4-6H2,(H,21,24)(H,22,25). The molecule has 2 N–H and O–H groups in total. The van der Waals surface area contributed by atoms with Crippen LogP contribution in [0.1, 0.15) is 25.8 Å². The maximum absolute atomic E-state index is 14.0. The summed E-state index contributed by atoms with van der Waals surface area (Å²) >= 11 is 5.54. The highest BCUT2D eigenvalue weighted by atomic mass is 35.5. The number of amides is 2. The Labute approximate surface area is 154 Å². The van der Waals surface area contributed by atoms with E-state index in [0.717, 1.165) is 6.20 Å². The smallest absolute Gasteiger partial charge is 0.351 e. The zero-order valence-corrected chi connectivity index (χ0v) is 14.6. The van der Waals surface area contributed by atoms with Crippen LogP contribution in [-0.2, 0) is 24.1 Å². The number of alkyl halides is 4. The van der Waals surface area contributed by atoms with Crippen molar-refractivity contribution in [3.05, 3.63) is 51.2 Å². The Morgan fingerprint density at radius 3 is 2.50 bits per heavy atom. The fraction of sp³-hybridized carbons (Fsp3) is 0.267. The molecule has 140 valence electrons. The lowest BCUT2D eigenvalue weighted by atomic mass is 10.1. The lowest BCUT2D eigenvalue weighted by Crippen LogP contribution is -2.24. The summed E-state index contributed by atoms with van der Waals surface area (Å²) in [5.74, 6) is -2.01. The van der Waals surface area contributed by atoms with Crippen LogP contribution in [0.5, 0.6) is 0 Å². The van der Waals surface area contributed by atoms with Crippen molar-refractivity contribution in [1.82, 2.24) is 15.6 Å². The zero-order chi connectivity index (χ0) is 19.3. The largest absolute Gasteiger partial charge is 0.443 e. The Morgan fingerprint density at radius 1 is 1.19 bits per heavy atom. The van der Waals surface area contributed by atoms with E-state index >= 15 is 0 Å². The summed E-state index contributed by atoms with van der Waals surface area (Å²) in [6.07, 6.45) is -3.80. The van der Waals surface area contributed by atoms with Gasteiger partial charge in [-0.3, -0.25) is 9.59 Å². The molecule has 0 atom stereocenters. The van der Waals surface area contributed by atoms with Crippen LogP contribution >= 0.6 is 22.9 Å². The van der Waals surface area contributed by atoms with Crippen molar-refractivity contribution in [3.8, 4) is 0 Å². The van der Waals surface area contributed by atoms with Gasteiger partial charge >= 0.3 is 6.18 Å². The van der Waals surface area contributed by atoms with Crippen LogP contribution in [0.3, 0.4) is 0 Å². The predicted octanol–water partition coefficient (Wildman–Crippen LogP) is 3.09. The van der Waals surface area contributed by atoms with Crippen molar-refractivity contribution in [2.45, 2.75) is 19.3 Å². The SMILES string of the molecule is O=C(CCl)NCc1ccc(CNC(=O)c2cnc(C(F)(F)F)s2)c(F)c1. The molecule has 1 aromatic heterocycles. The number of carbonyl (C=O) groups is 2. The molecular weight excluding hydrogens is 398 g/mol. The van der Waals surface area contributed by atoms with Crippen molar-refractivity contribution in [2.75, 3.05) is 5.88 Å². The van der Waals surface area contributed by atoms with Crippen LogP contribution in [-0.4, -0.2) is 22.7 Å². The molecule has 0 unspecified atom stereocenters. The first-order chi connectivity index (χ1) is 12.2. The molecule has 2 amide bonds. The topological polar surface area (TPSA) is 71.1 Å². The number of nitrogens with one attached hydrogen (secondary N) is 2. The molecule has 0 aliphatic carbocycles. The molecule has 0 aliphatic heterocycles. The Hall–Kier alpha value is -2.20. The molecule has 11 heteroatoms. The van der Waals surface area contributed by atoms with Gasteiger partial charge in [-0.1, -0.05) is 12.1 Å². The van der Waals surface area contributed by atoms with E-state index < -0.39 is 28.8 Å². The number of aromatic nitrogens is 1. The third-order valence-electron chi connectivity index (χ3n) is 3.14. The number of thiazole rings is 1. The maximum Gasteiger partial charge on any atom is 0.443 e. The monoisotopic (exact) mass is 409 g/mol. The van der Waals surface area contributed by atoms with Gasteiger partial charge in [0.25, 0.3) is 5.91 Å². The molecule has 2 rings (SSSR count). The first-order valence-electron chi connectivity index (χ1n) is 7.12. The van der Waals surface area contributed by atoms with Gasteiger partial charge in [0.05, 0.1) is 6.20 Å². The lowest BCUT2D eigenvalue weighted by molar-refractivity contribution is -0.137. The molecule has 0 bridgehead atoms. The summed E-state index contributed by atoms with van der Waals surface area (Å²) in [5.41, 5.74) is 0.639. The van der Waals surface area contributed by atoms with Gasteiger partial charge in [-0.25, -0.2) is 9.37 Å². The Balaban J connectivity index is 1.95. The Morgan fingerprint density at radius 2 is 1.92 bits per heavy atom. The molecule has 1 heterocycles. The highest BCUT2D eigenvalue weighted by Crippen LogP contribution is 2.32. The fourth-order valence-electron chi connectivity index (χ4n) is 1.86. The third-order valence-corrected chi connectivity index (χ3v) is 4.42. The molecular formula is C15H12ClF4N3O2S. The van der Waals surface area contributed by atoms with Gasteiger partial charge in [0.2, 0.25) is 5.91 Å². The van der Waals surface area contributed by atoms with E-state index in [2.05, 4.69) is 15.6 Å². The van der Waals surface area contributed by atoms with Crippen LogP contribution < -0.4 is 10.6 Å². The van der Waals surface area contributed by atoms with E-state index in [1.54, 1.807) is 6.07 Å². The first kappa shape index (κ1) is 20.1. The number of hydrogen-bond acceptors (Lipinski definition) is 4. The number of hydrogen-bond donors (Lipinski definition) is 2. The van der Waals surface area contributed by atoms with Crippen molar-refractivity contribution < 1.29 is 27.2 Å². The Bertz CT molecular complexity index is 810. The van der Waals surface area contributed by atoms with E-state index in [1.165, 1.54) is 12.1 Å². The van der Waals surface area contributed by atoms with Crippen LogP contribution in [0.2, 0.25) is 0 Å². The minimum atomic E-state index is -4.62. The summed E-state index contributed by atoms with van der Waals surface area (Å²) in [7, 11) is 0. The van der Waals surface area contributed by atoms with Crippen LogP contribution in [0.25, 0.3) is 0 Å². The molecule has 0 fully saturated rings. The fourth-order valence-corrected chi connectivity index (χ4v) is 2.66. The van der Waals surface area contributed by atoms with E-state index in [9.17, 15) is 27.2 Å². The van der Waals surface area contributed by atoms with Crippen molar-refractivity contribution in [2.24, 2.45) is 0 Å². The van der Waals surface area contributed by atoms with Crippen LogP contribution in [0, 0.1) is 5.82 Å². The van der Waals surface area contributed by atoms with E-state index in [4.69, 9.17) is 11.6 Å². The van der Waals surface area contributed by atoms with Gasteiger partial charge in [0.15, 0.2) is 5.01 Å². The third kappa shape index (κ3) is 5.40. The van der Waals surface area contributed by atoms with Gasteiger partial charge in [0.1, 0.15) is 16.6 Å². The number of carbonyl (C=O) groups excluding carboxylic acids is 2. The van der Waals surface area contributed by atoms with Gasteiger partial charge in [-0.2, -0.15) is 13.2 Å². The van der Waals surface area contributed by atoms with Gasteiger partial charge < -0.3 is 10.6 Å². The summed E-state index contributed by atoms with van der Waals surface area (Å²) < 4.78 is 51.4. The molecule has 0 aliphatic rings. The van der Waals surface area contributed by atoms with E-state index in [-0.39, 0.29) is 40.7 Å². The highest BCUT2D eigenvalue weighted by Gasteiger charge is 2.35. The second kappa shape index (κ2) is 8.45. The van der Waals surface area contributed by atoms with Crippen molar-refractivity contribution in [1.29, 1.82) is 0 Å². The van der Waals surface area contributed by atoms with Crippen molar-refractivity contribution >= 4 is 34.8 Å². The molecule has 0 radical (unpaired) electrons. The number of benzene rings is 1. The van der Waals surface area contributed by atoms with Gasteiger partial charge in [-0.15, -0.1) is 22.9 Å². The molecule has 1 aromatic carbocycles. The molecule has 0 saturated carbocycles. The molecule has 5 nitrogen and oxygen atoms in total. The molecule has 26 heavy (non-hydrogen) atoms. The minimum absolute atomic E-state index is 0.0934. The van der Waals surface area contributed by atoms with E-state index in [1.807, 2.05) is 0 Å². The molecule has 2 aromatic rings. The summed E-state index contributed by atoms with van der Waals surface area (Å²) in [6, 6.07) is 4.14. The van der Waals surface area contributed by atoms with E-state index in [0.29, 0.717) is 5.56 Å². The maximum atomic E-state index is 14.0. The second-order valence-electron chi connectivity index (χ2n) is 5.05. The normalized spacial score (nSPS) is 11.3. The van der Waals surface area contributed by atoms with Gasteiger partial charge in [0, 0.05) is 18.7 Å². The summed E-state index contributed by atoms with van der Waals surface area (Å²) in [4.78, 5) is 25.8. The number of halogens is 5. The Kier molecular flexibility index (Phi) is 6.54. The summed E-state index contributed by atoms with van der Waals surface area (Å²) in [5, 5.41) is 3.69. The molecule has 0 spiro atoms. The quantitative estimate of drug-likeness (QED) is 0.569. The molecule has 0 saturated heterocycles. The van der Waals surface area contributed by atoms with Crippen LogP contribution in [0.15, 0.2) is 24.4 Å². The number of nitrogens with zero attached hydrogens (tertiary/aromatic N) is 1. The predicted molar refractivity (Wildman–Crippen MR) is 87.3 cm³/mol. The lowest BCUT2D eigenvalue weighted by Gasteiger charge is -2.08. The van der Waals surface area contributed by atoms with Crippen LogP contribution in [0.4, 0.5) is 17.6 Å². The number of rotatable bonds is 6. The summed E-state index contributed by atoms with van der Waals surface area (Å²) in [6.45, 7) is -0.117. The minimum Gasteiger partial charge on any atom is -0.351 e. The second-order valence-corrected chi connectivity index (χ2v) is 6.34. The highest BCUT2D eigenvalue weighted by molar-refractivity contribution is 7.13. The van der Waals surface area contributed by atoms with Gasteiger partial charge in [-0.05, 0) is 11.6 Å². The first-order valence-corrected chi connectivity index (χ1v) is 8.47. The average Bonchev–Trinajstić information content (AvgIpc) is 3.09. The zero-order valence-electron chi connectivity index (χ0n) is 13.0. The van der Waals surface area contributed by atoms with Crippen molar-refractivity contribution in [3.63, 3.8) is 0 Å². The average molecular weight is 410 g/mol.